The van der Waals surface area contributed by atoms with E-state index in [1.54, 1.807) is 24.3 Å². The van der Waals surface area contributed by atoms with Crippen molar-refractivity contribution < 1.29 is 19.1 Å². The van der Waals surface area contributed by atoms with Gasteiger partial charge in [0, 0.05) is 38.9 Å². The third-order valence-electron chi connectivity index (χ3n) is 6.12. The summed E-state index contributed by atoms with van der Waals surface area (Å²) in [5, 5.41) is 5.46. The number of morpholine rings is 1. The molecule has 2 aromatic rings. The highest BCUT2D eigenvalue weighted by Gasteiger charge is 2.26. The van der Waals surface area contributed by atoms with Crippen LogP contribution in [0.15, 0.2) is 42.5 Å². The first-order chi connectivity index (χ1) is 15.6. The standard InChI is InChI=1S/C24H30N4O4/c1-27-10-9-18-15-17(7-8-20(18)27)21(28-11-13-32-14-12-28)16-25-23(29)24(30)26-19-5-3-4-6-22(19)31-2/h3-8,15,21H,9-14,16H2,1-2H3,(H,25,29)(H,26,30)/t21-/m1/s1. The molecule has 32 heavy (non-hydrogen) atoms. The molecule has 0 aliphatic carbocycles. The molecular weight excluding hydrogens is 408 g/mol. The second kappa shape index (κ2) is 10.0. The summed E-state index contributed by atoms with van der Waals surface area (Å²) in [4.78, 5) is 29.6. The zero-order chi connectivity index (χ0) is 22.5. The van der Waals surface area contributed by atoms with Gasteiger partial charge in [-0.15, -0.1) is 0 Å². The highest BCUT2D eigenvalue weighted by atomic mass is 16.5. The minimum absolute atomic E-state index is 0.0295. The molecule has 2 aliphatic rings. The van der Waals surface area contributed by atoms with Crippen molar-refractivity contribution >= 4 is 23.2 Å². The van der Waals surface area contributed by atoms with E-state index in [1.807, 2.05) is 0 Å². The van der Waals surface area contributed by atoms with Crippen molar-refractivity contribution in [3.63, 3.8) is 0 Å². The summed E-state index contributed by atoms with van der Waals surface area (Å²) >= 11 is 0. The van der Waals surface area contributed by atoms with Gasteiger partial charge in [0.05, 0.1) is 32.1 Å². The SMILES string of the molecule is COc1ccccc1NC(=O)C(=O)NC[C@H](c1ccc2c(c1)CCN2C)N1CCOCC1. The summed E-state index contributed by atoms with van der Waals surface area (Å²) in [7, 11) is 3.62. The molecule has 0 saturated carbocycles. The molecule has 2 aliphatic heterocycles. The zero-order valence-electron chi connectivity index (χ0n) is 18.6. The van der Waals surface area contributed by atoms with Gasteiger partial charge in [0.1, 0.15) is 5.75 Å². The highest BCUT2D eigenvalue weighted by Crippen LogP contribution is 2.31. The lowest BCUT2D eigenvalue weighted by molar-refractivity contribution is -0.136. The van der Waals surface area contributed by atoms with Gasteiger partial charge in [0.2, 0.25) is 0 Å². The van der Waals surface area contributed by atoms with E-state index in [4.69, 9.17) is 9.47 Å². The maximum Gasteiger partial charge on any atom is 0.313 e. The number of likely N-dealkylation sites (N-methyl/N-ethyl adjacent to an activating group) is 1. The molecular formula is C24H30N4O4. The Bertz CT molecular complexity index is 974. The molecule has 0 aromatic heterocycles. The smallest absolute Gasteiger partial charge is 0.313 e. The molecule has 2 N–H and O–H groups in total. The largest absolute Gasteiger partial charge is 0.495 e. The van der Waals surface area contributed by atoms with Crippen LogP contribution in [0.4, 0.5) is 11.4 Å². The molecule has 0 radical (unpaired) electrons. The van der Waals surface area contributed by atoms with E-state index in [0.717, 1.165) is 31.6 Å². The predicted octanol–water partition coefficient (Wildman–Crippen LogP) is 1.82. The van der Waals surface area contributed by atoms with Gasteiger partial charge in [-0.2, -0.15) is 0 Å². The molecule has 1 saturated heterocycles. The van der Waals surface area contributed by atoms with Gasteiger partial charge < -0.3 is 25.0 Å². The van der Waals surface area contributed by atoms with Crippen LogP contribution >= 0.6 is 0 Å². The summed E-state index contributed by atoms with van der Waals surface area (Å²) < 4.78 is 10.8. The Hall–Kier alpha value is -3.10. The number of carbonyl (C=O) groups is 2. The fourth-order valence-corrected chi connectivity index (χ4v) is 4.34. The van der Waals surface area contributed by atoms with E-state index in [2.05, 4.69) is 45.7 Å². The lowest BCUT2D eigenvalue weighted by atomic mass is 10.0. The van der Waals surface area contributed by atoms with Gasteiger partial charge in [-0.05, 0) is 35.7 Å². The van der Waals surface area contributed by atoms with Crippen LogP contribution in [0.1, 0.15) is 17.2 Å². The summed E-state index contributed by atoms with van der Waals surface area (Å²) in [5.41, 5.74) is 4.19. The van der Waals surface area contributed by atoms with E-state index < -0.39 is 11.8 Å². The van der Waals surface area contributed by atoms with E-state index in [0.29, 0.717) is 31.2 Å². The number of anilines is 2. The molecule has 1 fully saturated rings. The number of benzene rings is 2. The van der Waals surface area contributed by atoms with Crippen molar-refractivity contribution in [3.05, 3.63) is 53.6 Å². The van der Waals surface area contributed by atoms with Crippen molar-refractivity contribution in [2.45, 2.75) is 12.5 Å². The first kappa shape index (κ1) is 22.1. The number of amides is 2. The van der Waals surface area contributed by atoms with Crippen LogP contribution in [-0.4, -0.2) is 70.3 Å². The number of fused-ring (bicyclic) bond motifs is 1. The second-order valence-corrected chi connectivity index (χ2v) is 8.09. The average molecular weight is 439 g/mol. The van der Waals surface area contributed by atoms with E-state index >= 15 is 0 Å². The van der Waals surface area contributed by atoms with Crippen LogP contribution in [0.3, 0.4) is 0 Å². The first-order valence-electron chi connectivity index (χ1n) is 10.9. The molecule has 1 atom stereocenters. The fraction of sp³-hybridized carbons (Fsp3) is 0.417. The van der Waals surface area contributed by atoms with E-state index in [-0.39, 0.29) is 6.04 Å². The molecule has 0 unspecified atom stereocenters. The number of methoxy groups -OCH3 is 1. The van der Waals surface area contributed by atoms with Gasteiger partial charge >= 0.3 is 11.8 Å². The molecule has 170 valence electrons. The van der Waals surface area contributed by atoms with Gasteiger partial charge in [0.15, 0.2) is 0 Å². The molecule has 2 aromatic carbocycles. The molecule has 2 heterocycles. The van der Waals surface area contributed by atoms with Gasteiger partial charge in [0.25, 0.3) is 0 Å². The molecule has 4 rings (SSSR count). The summed E-state index contributed by atoms with van der Waals surface area (Å²) in [6.45, 7) is 4.24. The third kappa shape index (κ3) is 4.87. The zero-order valence-corrected chi connectivity index (χ0v) is 18.6. The Balaban J connectivity index is 1.45. The van der Waals surface area contributed by atoms with Crippen LogP contribution in [0.5, 0.6) is 5.75 Å². The number of hydrogen-bond donors (Lipinski definition) is 2. The Labute approximate surface area is 188 Å². The first-order valence-corrected chi connectivity index (χ1v) is 10.9. The molecule has 8 heteroatoms. The van der Waals surface area contributed by atoms with Crippen LogP contribution in [0.25, 0.3) is 0 Å². The van der Waals surface area contributed by atoms with E-state index in [1.165, 1.54) is 18.4 Å². The fourth-order valence-electron chi connectivity index (χ4n) is 4.34. The van der Waals surface area contributed by atoms with Gasteiger partial charge in [-0.1, -0.05) is 24.3 Å². The lowest BCUT2D eigenvalue weighted by Crippen LogP contribution is -2.45. The summed E-state index contributed by atoms with van der Waals surface area (Å²) in [6, 6.07) is 13.5. The van der Waals surface area contributed by atoms with Crippen molar-refractivity contribution in [1.82, 2.24) is 10.2 Å². The molecule has 2 amide bonds. The number of rotatable bonds is 6. The Kier molecular flexibility index (Phi) is 6.92. The molecule has 0 bridgehead atoms. The third-order valence-corrected chi connectivity index (χ3v) is 6.12. The number of nitrogens with zero attached hydrogens (tertiary/aromatic N) is 2. The molecule has 8 nitrogen and oxygen atoms in total. The minimum atomic E-state index is -0.717. The van der Waals surface area contributed by atoms with Crippen LogP contribution in [-0.2, 0) is 20.7 Å². The van der Waals surface area contributed by atoms with Crippen LogP contribution in [0.2, 0.25) is 0 Å². The lowest BCUT2D eigenvalue weighted by Gasteiger charge is -2.35. The number of para-hydroxylation sites is 2. The summed E-state index contributed by atoms with van der Waals surface area (Å²) in [5.74, 6) is -0.885. The summed E-state index contributed by atoms with van der Waals surface area (Å²) in [6.07, 6.45) is 1.02. The second-order valence-electron chi connectivity index (χ2n) is 8.09. The highest BCUT2D eigenvalue weighted by molar-refractivity contribution is 6.39. The van der Waals surface area contributed by atoms with Crippen LogP contribution in [0, 0.1) is 0 Å². The van der Waals surface area contributed by atoms with Crippen molar-refractivity contribution in [3.8, 4) is 5.75 Å². The Morgan fingerprint density at radius 3 is 2.66 bits per heavy atom. The normalized spacial score (nSPS) is 16.9. The number of hydrogen-bond acceptors (Lipinski definition) is 6. The maximum atomic E-state index is 12.6. The van der Waals surface area contributed by atoms with Gasteiger partial charge in [-0.25, -0.2) is 0 Å². The van der Waals surface area contributed by atoms with Gasteiger partial charge in [-0.3, -0.25) is 14.5 Å². The topological polar surface area (TPSA) is 83.1 Å². The van der Waals surface area contributed by atoms with Crippen LogP contribution < -0.4 is 20.3 Å². The average Bonchev–Trinajstić information content (AvgIpc) is 3.20. The minimum Gasteiger partial charge on any atom is -0.495 e. The van der Waals surface area contributed by atoms with Crippen molar-refractivity contribution in [2.24, 2.45) is 0 Å². The maximum absolute atomic E-state index is 12.6. The van der Waals surface area contributed by atoms with Crippen molar-refractivity contribution in [2.75, 3.05) is 63.8 Å². The monoisotopic (exact) mass is 438 g/mol. The number of nitrogens with one attached hydrogen (secondary N) is 2. The van der Waals surface area contributed by atoms with Crippen molar-refractivity contribution in [1.29, 1.82) is 0 Å². The number of ether oxygens (including phenoxy) is 2. The quantitative estimate of drug-likeness (QED) is 0.670. The predicted molar refractivity (Wildman–Crippen MR) is 123 cm³/mol. The molecule has 0 spiro atoms. The Morgan fingerprint density at radius 1 is 1.09 bits per heavy atom. The Morgan fingerprint density at radius 2 is 1.88 bits per heavy atom. The van der Waals surface area contributed by atoms with E-state index in [9.17, 15) is 9.59 Å². The number of carbonyl (C=O) groups excluding carboxylic acids is 2.